The standard InChI is InChI=1S/C15H22N2O2S/c1-4-11-5-6-12(20-11)9-17-13(7-10(2)3)15(19)16-8-14(17)18/h5-6,10,13H,4,7-9H2,1-3H3,(H,16,19). The van der Waals surface area contributed by atoms with Gasteiger partial charge in [-0.3, -0.25) is 9.59 Å². The topological polar surface area (TPSA) is 49.4 Å². The third-order valence-electron chi connectivity index (χ3n) is 3.50. The first-order chi connectivity index (χ1) is 9.51. The maximum Gasteiger partial charge on any atom is 0.243 e. The Morgan fingerprint density at radius 1 is 1.35 bits per heavy atom. The van der Waals surface area contributed by atoms with E-state index in [1.54, 1.807) is 16.2 Å². The molecule has 1 N–H and O–H groups in total. The Labute approximate surface area is 124 Å². The second kappa shape index (κ2) is 6.39. The molecule has 0 aliphatic carbocycles. The third kappa shape index (κ3) is 3.39. The van der Waals surface area contributed by atoms with Crippen LogP contribution in [0.1, 0.15) is 36.9 Å². The summed E-state index contributed by atoms with van der Waals surface area (Å²) < 4.78 is 0. The summed E-state index contributed by atoms with van der Waals surface area (Å²) in [4.78, 5) is 28.4. The normalized spacial score (nSPS) is 19.6. The highest BCUT2D eigenvalue weighted by Crippen LogP contribution is 2.23. The van der Waals surface area contributed by atoms with Crippen LogP contribution in [-0.4, -0.2) is 29.3 Å². The fraction of sp³-hybridized carbons (Fsp3) is 0.600. The number of aryl methyl sites for hydroxylation is 1. The van der Waals surface area contributed by atoms with Crippen molar-refractivity contribution in [2.75, 3.05) is 6.54 Å². The van der Waals surface area contributed by atoms with Gasteiger partial charge in [-0.2, -0.15) is 0 Å². The molecule has 2 amide bonds. The fourth-order valence-electron chi connectivity index (χ4n) is 2.44. The summed E-state index contributed by atoms with van der Waals surface area (Å²) in [5.41, 5.74) is 0. The monoisotopic (exact) mass is 294 g/mol. The van der Waals surface area contributed by atoms with Crippen LogP contribution in [0, 0.1) is 5.92 Å². The maximum absolute atomic E-state index is 12.1. The van der Waals surface area contributed by atoms with Gasteiger partial charge in [0.05, 0.1) is 13.1 Å². The Morgan fingerprint density at radius 3 is 2.65 bits per heavy atom. The zero-order chi connectivity index (χ0) is 14.7. The molecule has 1 fully saturated rings. The van der Waals surface area contributed by atoms with Crippen molar-refractivity contribution < 1.29 is 9.59 Å². The highest BCUT2D eigenvalue weighted by atomic mass is 32.1. The van der Waals surface area contributed by atoms with Crippen molar-refractivity contribution in [1.82, 2.24) is 10.2 Å². The summed E-state index contributed by atoms with van der Waals surface area (Å²) in [6, 6.07) is 3.84. The van der Waals surface area contributed by atoms with E-state index in [-0.39, 0.29) is 24.4 Å². The van der Waals surface area contributed by atoms with Crippen LogP contribution in [0.4, 0.5) is 0 Å². The Bertz CT molecular complexity index is 496. The van der Waals surface area contributed by atoms with Gasteiger partial charge in [0.1, 0.15) is 6.04 Å². The molecule has 0 bridgehead atoms. The highest BCUT2D eigenvalue weighted by molar-refractivity contribution is 7.11. The van der Waals surface area contributed by atoms with Gasteiger partial charge in [0.2, 0.25) is 11.8 Å². The first-order valence-corrected chi connectivity index (χ1v) is 7.97. The Balaban J connectivity index is 2.15. The molecule has 1 saturated heterocycles. The van der Waals surface area contributed by atoms with Gasteiger partial charge in [0.25, 0.3) is 0 Å². The quantitative estimate of drug-likeness (QED) is 0.905. The van der Waals surface area contributed by atoms with E-state index in [1.807, 2.05) is 0 Å². The first kappa shape index (κ1) is 15.0. The fourth-order valence-corrected chi connectivity index (χ4v) is 3.40. The van der Waals surface area contributed by atoms with Crippen molar-refractivity contribution in [1.29, 1.82) is 0 Å². The van der Waals surface area contributed by atoms with Crippen LogP contribution >= 0.6 is 11.3 Å². The number of thiophene rings is 1. The van der Waals surface area contributed by atoms with Crippen molar-refractivity contribution in [2.24, 2.45) is 5.92 Å². The Morgan fingerprint density at radius 2 is 2.05 bits per heavy atom. The minimum Gasteiger partial charge on any atom is -0.345 e. The average Bonchev–Trinajstić information content (AvgIpc) is 2.85. The Hall–Kier alpha value is -1.36. The molecule has 4 nitrogen and oxygen atoms in total. The first-order valence-electron chi connectivity index (χ1n) is 7.16. The summed E-state index contributed by atoms with van der Waals surface area (Å²) in [5, 5.41) is 2.69. The second-order valence-corrected chi connectivity index (χ2v) is 6.86. The molecule has 0 radical (unpaired) electrons. The predicted molar refractivity (Wildman–Crippen MR) is 80.5 cm³/mol. The van der Waals surface area contributed by atoms with Gasteiger partial charge in [0, 0.05) is 9.75 Å². The Kier molecular flexibility index (Phi) is 4.81. The van der Waals surface area contributed by atoms with E-state index in [4.69, 9.17) is 0 Å². The number of nitrogens with one attached hydrogen (secondary N) is 1. The smallest absolute Gasteiger partial charge is 0.243 e. The van der Waals surface area contributed by atoms with Gasteiger partial charge in [-0.25, -0.2) is 0 Å². The molecular formula is C15H22N2O2S. The summed E-state index contributed by atoms with van der Waals surface area (Å²) in [5.74, 6) is 0.376. The predicted octanol–water partition coefficient (Wildman–Crippen LogP) is 2.18. The van der Waals surface area contributed by atoms with Crippen LogP contribution in [0.5, 0.6) is 0 Å². The minimum absolute atomic E-state index is 0.0155. The number of hydrogen-bond acceptors (Lipinski definition) is 3. The van der Waals surface area contributed by atoms with Crippen molar-refractivity contribution in [3.63, 3.8) is 0 Å². The summed E-state index contributed by atoms with van der Waals surface area (Å²) in [7, 11) is 0. The summed E-state index contributed by atoms with van der Waals surface area (Å²) >= 11 is 1.73. The van der Waals surface area contributed by atoms with E-state index in [0.717, 1.165) is 11.3 Å². The average molecular weight is 294 g/mol. The number of hydrogen-bond donors (Lipinski definition) is 1. The van der Waals surface area contributed by atoms with Crippen LogP contribution in [0.2, 0.25) is 0 Å². The number of carbonyl (C=O) groups excluding carboxylic acids is 2. The van der Waals surface area contributed by atoms with Crippen LogP contribution in [-0.2, 0) is 22.6 Å². The van der Waals surface area contributed by atoms with Crippen molar-refractivity contribution in [2.45, 2.75) is 46.2 Å². The van der Waals surface area contributed by atoms with Gasteiger partial charge >= 0.3 is 0 Å². The number of amides is 2. The zero-order valence-corrected chi connectivity index (χ0v) is 13.1. The van der Waals surface area contributed by atoms with Crippen molar-refractivity contribution in [3.8, 4) is 0 Å². The lowest BCUT2D eigenvalue weighted by molar-refractivity contribution is -0.146. The maximum atomic E-state index is 12.1. The molecule has 0 aromatic carbocycles. The lowest BCUT2D eigenvalue weighted by atomic mass is 10.00. The number of piperazine rings is 1. The largest absolute Gasteiger partial charge is 0.345 e. The number of rotatable bonds is 5. The molecule has 2 heterocycles. The molecule has 1 atom stereocenters. The SMILES string of the molecule is CCc1ccc(CN2C(=O)CNC(=O)C2CC(C)C)s1. The van der Waals surface area contributed by atoms with Gasteiger partial charge < -0.3 is 10.2 Å². The van der Waals surface area contributed by atoms with E-state index in [1.165, 1.54) is 4.88 Å². The summed E-state index contributed by atoms with van der Waals surface area (Å²) in [6.07, 6.45) is 1.72. The molecule has 2 rings (SSSR count). The van der Waals surface area contributed by atoms with Gasteiger partial charge in [-0.1, -0.05) is 20.8 Å². The van der Waals surface area contributed by atoms with Crippen LogP contribution in [0.15, 0.2) is 12.1 Å². The number of nitrogens with zero attached hydrogens (tertiary/aromatic N) is 1. The molecule has 20 heavy (non-hydrogen) atoms. The lowest BCUT2D eigenvalue weighted by Crippen LogP contribution is -2.58. The third-order valence-corrected chi connectivity index (χ3v) is 4.71. The van der Waals surface area contributed by atoms with E-state index in [0.29, 0.717) is 18.9 Å². The molecule has 1 aliphatic heterocycles. The highest BCUT2D eigenvalue weighted by Gasteiger charge is 2.34. The van der Waals surface area contributed by atoms with Gasteiger partial charge in [0.15, 0.2) is 0 Å². The second-order valence-electron chi connectivity index (χ2n) is 5.61. The molecule has 1 aromatic rings. The van der Waals surface area contributed by atoms with Gasteiger partial charge in [-0.15, -0.1) is 11.3 Å². The molecule has 5 heteroatoms. The van der Waals surface area contributed by atoms with E-state index in [2.05, 4.69) is 38.2 Å². The molecule has 0 saturated carbocycles. The van der Waals surface area contributed by atoms with E-state index in [9.17, 15) is 9.59 Å². The van der Waals surface area contributed by atoms with E-state index >= 15 is 0 Å². The number of carbonyl (C=O) groups is 2. The van der Waals surface area contributed by atoms with Crippen LogP contribution in [0.3, 0.4) is 0 Å². The molecule has 1 aromatic heterocycles. The molecular weight excluding hydrogens is 272 g/mol. The molecule has 1 aliphatic rings. The van der Waals surface area contributed by atoms with Crippen molar-refractivity contribution >= 4 is 23.2 Å². The van der Waals surface area contributed by atoms with Crippen molar-refractivity contribution in [3.05, 3.63) is 21.9 Å². The molecule has 1 unspecified atom stereocenters. The summed E-state index contributed by atoms with van der Waals surface area (Å²) in [6.45, 7) is 6.94. The van der Waals surface area contributed by atoms with Crippen LogP contribution in [0.25, 0.3) is 0 Å². The zero-order valence-electron chi connectivity index (χ0n) is 12.3. The minimum atomic E-state index is -0.330. The van der Waals surface area contributed by atoms with E-state index < -0.39 is 0 Å². The molecule has 0 spiro atoms. The van der Waals surface area contributed by atoms with Gasteiger partial charge in [-0.05, 0) is 30.9 Å². The molecule has 110 valence electrons. The van der Waals surface area contributed by atoms with Crippen LogP contribution < -0.4 is 5.32 Å². The lowest BCUT2D eigenvalue weighted by Gasteiger charge is -2.35.